The average molecular weight is 300 g/mol. The van der Waals surface area contributed by atoms with Crippen LogP contribution in [0.1, 0.15) is 65.2 Å². The van der Waals surface area contributed by atoms with Crippen LogP contribution >= 0.6 is 0 Å². The zero-order chi connectivity index (χ0) is 14.6. The highest BCUT2D eigenvalue weighted by Gasteiger charge is 2.50. The van der Waals surface area contributed by atoms with Crippen molar-refractivity contribution in [1.82, 2.24) is 4.98 Å². The Morgan fingerprint density at radius 1 is 0.800 bits per heavy atom. The second kappa shape index (κ2) is 7.39. The Labute approximate surface area is 126 Å². The van der Waals surface area contributed by atoms with Crippen LogP contribution in [0.15, 0.2) is 0 Å². The van der Waals surface area contributed by atoms with E-state index in [4.69, 9.17) is 8.85 Å². The molecule has 2 aliphatic carbocycles. The Balaban J connectivity index is 2.10. The van der Waals surface area contributed by atoms with Gasteiger partial charge in [0, 0.05) is 25.8 Å². The fourth-order valence-electron chi connectivity index (χ4n) is 4.28. The van der Waals surface area contributed by atoms with E-state index < -0.39 is 8.72 Å². The summed E-state index contributed by atoms with van der Waals surface area (Å²) in [5.74, 6) is 1.47. The Morgan fingerprint density at radius 2 is 1.35 bits per heavy atom. The van der Waals surface area contributed by atoms with E-state index in [0.29, 0.717) is 11.6 Å². The van der Waals surface area contributed by atoms with Gasteiger partial charge in [-0.2, -0.15) is 0 Å². The van der Waals surface area contributed by atoms with Crippen LogP contribution in [0.4, 0.5) is 0 Å². The molecule has 0 radical (unpaired) electrons. The van der Waals surface area contributed by atoms with Crippen molar-refractivity contribution in [3.63, 3.8) is 0 Å². The number of hydrogen-bond acceptors (Lipinski definition) is 3. The van der Waals surface area contributed by atoms with E-state index in [1.807, 2.05) is 14.2 Å². The zero-order valence-corrected chi connectivity index (χ0v) is 14.8. The molecule has 0 aromatic heterocycles. The molecule has 2 saturated carbocycles. The van der Waals surface area contributed by atoms with E-state index in [-0.39, 0.29) is 0 Å². The summed E-state index contributed by atoms with van der Waals surface area (Å²) >= 11 is 0. The predicted molar refractivity (Wildman–Crippen MR) is 85.7 cm³/mol. The second-order valence-corrected chi connectivity index (χ2v) is 10.1. The van der Waals surface area contributed by atoms with E-state index in [2.05, 4.69) is 18.8 Å². The summed E-state index contributed by atoms with van der Waals surface area (Å²) in [5, 5.41) is 0. The van der Waals surface area contributed by atoms with E-state index in [9.17, 15) is 0 Å². The lowest BCUT2D eigenvalue weighted by Crippen LogP contribution is -2.64. The van der Waals surface area contributed by atoms with E-state index >= 15 is 0 Å². The minimum Gasteiger partial charge on any atom is -0.386 e. The van der Waals surface area contributed by atoms with Crippen LogP contribution in [-0.2, 0) is 8.85 Å². The highest BCUT2D eigenvalue weighted by atomic mass is 28.4. The van der Waals surface area contributed by atoms with Gasteiger partial charge in [0.15, 0.2) is 0 Å². The molecule has 0 spiro atoms. The van der Waals surface area contributed by atoms with Crippen LogP contribution < -0.4 is 4.98 Å². The Hall–Kier alpha value is 0.0969. The number of hydrogen-bond donors (Lipinski definition) is 1. The van der Waals surface area contributed by atoms with Gasteiger partial charge in [0.1, 0.15) is 0 Å². The molecule has 3 nitrogen and oxygen atoms in total. The first-order chi connectivity index (χ1) is 9.63. The molecule has 2 rings (SSSR count). The third kappa shape index (κ3) is 3.46. The van der Waals surface area contributed by atoms with Crippen molar-refractivity contribution >= 4 is 8.72 Å². The van der Waals surface area contributed by atoms with Gasteiger partial charge in [-0.15, -0.1) is 0 Å². The summed E-state index contributed by atoms with van der Waals surface area (Å²) in [6, 6.07) is 0.587. The molecule has 0 saturated heterocycles. The number of rotatable bonds is 5. The van der Waals surface area contributed by atoms with Gasteiger partial charge in [-0.25, -0.2) is 0 Å². The summed E-state index contributed by atoms with van der Waals surface area (Å²) in [5.41, 5.74) is 0.598. The molecule has 4 atom stereocenters. The Kier molecular flexibility index (Phi) is 6.08. The molecule has 0 bridgehead atoms. The molecule has 4 unspecified atom stereocenters. The molecule has 4 heteroatoms. The molecule has 0 aromatic carbocycles. The lowest BCUT2D eigenvalue weighted by Gasteiger charge is -2.44. The van der Waals surface area contributed by atoms with Crippen molar-refractivity contribution in [3.05, 3.63) is 0 Å². The second-order valence-electron chi connectivity index (χ2n) is 6.96. The van der Waals surface area contributed by atoms with E-state index in [1.165, 1.54) is 51.4 Å². The van der Waals surface area contributed by atoms with Crippen molar-refractivity contribution in [2.45, 2.75) is 76.8 Å². The normalized spacial score (nSPS) is 36.0. The minimum absolute atomic E-state index is 0.587. The average Bonchev–Trinajstić information content (AvgIpc) is 2.48. The highest BCUT2D eigenvalue weighted by Crippen LogP contribution is 2.41. The van der Waals surface area contributed by atoms with Gasteiger partial charge in [-0.1, -0.05) is 46.0 Å². The minimum atomic E-state index is -2.28. The topological polar surface area (TPSA) is 30.5 Å². The molecule has 2 aliphatic rings. The third-order valence-corrected chi connectivity index (χ3v) is 9.52. The van der Waals surface area contributed by atoms with E-state index in [1.54, 1.807) is 0 Å². The summed E-state index contributed by atoms with van der Waals surface area (Å²) in [6.07, 6.45) is 10.7. The third-order valence-electron chi connectivity index (χ3n) is 5.70. The highest BCUT2D eigenvalue weighted by molar-refractivity contribution is 6.66. The van der Waals surface area contributed by atoms with Crippen molar-refractivity contribution in [2.75, 3.05) is 14.2 Å². The van der Waals surface area contributed by atoms with Crippen molar-refractivity contribution in [1.29, 1.82) is 0 Å². The van der Waals surface area contributed by atoms with Gasteiger partial charge in [0.25, 0.3) is 0 Å². The fraction of sp³-hybridized carbons (Fsp3) is 1.00. The van der Waals surface area contributed by atoms with Crippen LogP contribution in [0, 0.1) is 11.8 Å². The lowest BCUT2D eigenvalue weighted by atomic mass is 9.87. The molecular weight excluding hydrogens is 266 g/mol. The monoisotopic (exact) mass is 299 g/mol. The van der Waals surface area contributed by atoms with Crippen molar-refractivity contribution in [2.24, 2.45) is 11.8 Å². The molecule has 0 heterocycles. The van der Waals surface area contributed by atoms with Gasteiger partial charge in [0.2, 0.25) is 0 Å². The quantitative estimate of drug-likeness (QED) is 0.779. The molecule has 2 fully saturated rings. The largest absolute Gasteiger partial charge is 0.428 e. The lowest BCUT2D eigenvalue weighted by molar-refractivity contribution is 0.167. The smallest absolute Gasteiger partial charge is 0.386 e. The van der Waals surface area contributed by atoms with Gasteiger partial charge >= 0.3 is 8.72 Å². The molecule has 0 amide bonds. The first-order valence-corrected chi connectivity index (χ1v) is 10.4. The Morgan fingerprint density at radius 3 is 1.90 bits per heavy atom. The molecular formula is C16H33NO2Si. The van der Waals surface area contributed by atoms with Crippen LogP contribution in [-0.4, -0.2) is 29.0 Å². The van der Waals surface area contributed by atoms with E-state index in [0.717, 1.165) is 11.8 Å². The zero-order valence-electron chi connectivity index (χ0n) is 13.8. The number of nitrogens with one attached hydrogen (secondary N) is 1. The Bertz CT molecular complexity index is 296. The van der Waals surface area contributed by atoms with Gasteiger partial charge in [-0.3, -0.25) is 4.98 Å². The molecule has 1 N–H and O–H groups in total. The molecule has 0 aliphatic heterocycles. The summed E-state index contributed by atoms with van der Waals surface area (Å²) in [6.45, 7) is 4.77. The van der Waals surface area contributed by atoms with Crippen molar-refractivity contribution in [3.8, 4) is 0 Å². The summed E-state index contributed by atoms with van der Waals surface area (Å²) < 4.78 is 12.1. The maximum Gasteiger partial charge on any atom is 0.428 e. The summed E-state index contributed by atoms with van der Waals surface area (Å²) in [7, 11) is 1.43. The molecule has 0 aromatic rings. The van der Waals surface area contributed by atoms with Gasteiger partial charge in [0.05, 0.1) is 0 Å². The standard InChI is InChI=1S/C16H33NO2Si/c1-13-9-5-7-11-15(13)17-20(18-3,19-4)16-12-8-6-10-14(16)2/h13-17H,5-12H2,1-4H3. The SMILES string of the molecule is CO[Si](NC1CCCCC1C)(OC)C1CCCCC1C. The van der Waals surface area contributed by atoms with Gasteiger partial charge < -0.3 is 8.85 Å². The maximum atomic E-state index is 6.05. The molecule has 20 heavy (non-hydrogen) atoms. The maximum absolute atomic E-state index is 6.05. The molecule has 118 valence electrons. The van der Waals surface area contributed by atoms with Crippen LogP contribution in [0.5, 0.6) is 0 Å². The van der Waals surface area contributed by atoms with Crippen LogP contribution in [0.2, 0.25) is 5.54 Å². The predicted octanol–water partition coefficient (Wildman–Crippen LogP) is 3.97. The van der Waals surface area contributed by atoms with Crippen LogP contribution in [0.3, 0.4) is 0 Å². The van der Waals surface area contributed by atoms with Crippen LogP contribution in [0.25, 0.3) is 0 Å². The first kappa shape index (κ1) is 16.5. The van der Waals surface area contributed by atoms with Crippen molar-refractivity contribution < 1.29 is 8.85 Å². The first-order valence-electron chi connectivity index (χ1n) is 8.51. The van der Waals surface area contributed by atoms with Gasteiger partial charge in [-0.05, 0) is 31.1 Å². The fourth-order valence-corrected chi connectivity index (χ4v) is 7.95. The summed E-state index contributed by atoms with van der Waals surface area (Å²) in [4.78, 5) is 3.91.